The molecule has 23 heavy (non-hydrogen) atoms. The molecular weight excluding hydrogens is 292 g/mol. The highest BCUT2D eigenvalue weighted by atomic mass is 16.6. The number of ether oxygens (including phenoxy) is 1. The number of carbonyl (C=O) groups is 2. The highest BCUT2D eigenvalue weighted by Crippen LogP contribution is 2.19. The molecule has 0 fully saturated rings. The van der Waals surface area contributed by atoms with Gasteiger partial charge in [-0.15, -0.1) is 0 Å². The average molecular weight is 320 g/mol. The van der Waals surface area contributed by atoms with E-state index in [9.17, 15) is 9.59 Å². The lowest BCUT2D eigenvalue weighted by Gasteiger charge is -2.26. The van der Waals surface area contributed by atoms with E-state index in [1.54, 1.807) is 32.7 Å². The number of hydrogen-bond donors (Lipinski definition) is 1. The second-order valence-corrected chi connectivity index (χ2v) is 6.77. The Morgan fingerprint density at radius 2 is 1.78 bits per heavy atom. The summed E-state index contributed by atoms with van der Waals surface area (Å²) in [5.41, 5.74) is 1.74. The van der Waals surface area contributed by atoms with Crippen molar-refractivity contribution in [3.8, 4) is 0 Å². The molecule has 1 N–H and O–H groups in total. The fourth-order valence-electron chi connectivity index (χ4n) is 2.05. The van der Waals surface area contributed by atoms with Crippen molar-refractivity contribution in [2.75, 3.05) is 13.6 Å². The van der Waals surface area contributed by atoms with Crippen molar-refractivity contribution in [1.82, 2.24) is 10.2 Å². The average Bonchev–Trinajstić information content (AvgIpc) is 2.44. The Morgan fingerprint density at radius 1 is 1.22 bits per heavy atom. The lowest BCUT2D eigenvalue weighted by atomic mass is 10.1. The molecular formula is C18H28N2O3. The van der Waals surface area contributed by atoms with Gasteiger partial charge in [-0.1, -0.05) is 29.8 Å². The molecule has 0 spiro atoms. The van der Waals surface area contributed by atoms with Crippen molar-refractivity contribution in [3.63, 3.8) is 0 Å². The van der Waals surface area contributed by atoms with Gasteiger partial charge in [0, 0.05) is 20.0 Å². The standard InChI is InChI=1S/C18H28N2O3/c1-13-7-9-15(10-8-13)14(2)20(6)16(21)11-12-19-17(22)23-18(3,4)5/h7-10,14H,11-12H2,1-6H3,(H,19,22). The third kappa shape index (κ3) is 6.72. The Morgan fingerprint density at radius 3 is 2.30 bits per heavy atom. The first kappa shape index (κ1) is 19.0. The zero-order chi connectivity index (χ0) is 17.6. The van der Waals surface area contributed by atoms with Crippen molar-refractivity contribution in [1.29, 1.82) is 0 Å². The van der Waals surface area contributed by atoms with E-state index in [1.807, 2.05) is 38.1 Å². The van der Waals surface area contributed by atoms with E-state index in [0.29, 0.717) is 0 Å². The molecule has 0 aromatic heterocycles. The van der Waals surface area contributed by atoms with Gasteiger partial charge in [0.05, 0.1) is 6.04 Å². The predicted molar refractivity (Wildman–Crippen MR) is 91.2 cm³/mol. The number of hydrogen-bond acceptors (Lipinski definition) is 3. The molecule has 1 aromatic carbocycles. The van der Waals surface area contributed by atoms with E-state index in [-0.39, 0.29) is 24.9 Å². The lowest BCUT2D eigenvalue weighted by Crippen LogP contribution is -2.36. The van der Waals surface area contributed by atoms with Crippen LogP contribution in [-0.2, 0) is 9.53 Å². The number of alkyl carbamates (subject to hydrolysis) is 1. The zero-order valence-electron chi connectivity index (χ0n) is 15.0. The van der Waals surface area contributed by atoms with Gasteiger partial charge in [-0.05, 0) is 40.2 Å². The molecule has 1 rings (SSSR count). The minimum atomic E-state index is -0.537. The van der Waals surface area contributed by atoms with Gasteiger partial charge in [-0.25, -0.2) is 4.79 Å². The number of benzene rings is 1. The Bertz CT molecular complexity index is 532. The smallest absolute Gasteiger partial charge is 0.407 e. The number of aryl methyl sites for hydroxylation is 1. The minimum Gasteiger partial charge on any atom is -0.444 e. The van der Waals surface area contributed by atoms with Gasteiger partial charge < -0.3 is 15.0 Å². The predicted octanol–water partition coefficient (Wildman–Crippen LogP) is 3.43. The maximum Gasteiger partial charge on any atom is 0.407 e. The van der Waals surface area contributed by atoms with Crippen LogP contribution < -0.4 is 5.32 Å². The van der Waals surface area contributed by atoms with Crippen LogP contribution in [0, 0.1) is 6.92 Å². The molecule has 1 atom stereocenters. The van der Waals surface area contributed by atoms with Crippen LogP contribution in [0.25, 0.3) is 0 Å². The molecule has 0 aliphatic rings. The van der Waals surface area contributed by atoms with Crippen molar-refractivity contribution in [2.24, 2.45) is 0 Å². The van der Waals surface area contributed by atoms with Gasteiger partial charge in [0.25, 0.3) is 0 Å². The highest BCUT2D eigenvalue weighted by molar-refractivity contribution is 5.77. The summed E-state index contributed by atoms with van der Waals surface area (Å²) in [7, 11) is 1.78. The summed E-state index contributed by atoms with van der Waals surface area (Å²) in [4.78, 5) is 25.5. The Balaban J connectivity index is 2.45. The second-order valence-electron chi connectivity index (χ2n) is 6.77. The molecule has 0 bridgehead atoms. The molecule has 2 amide bonds. The topological polar surface area (TPSA) is 58.6 Å². The van der Waals surface area contributed by atoms with Crippen LogP contribution >= 0.6 is 0 Å². The SMILES string of the molecule is Cc1ccc(C(C)N(C)C(=O)CCNC(=O)OC(C)(C)C)cc1. The molecule has 0 aliphatic carbocycles. The normalized spacial score (nSPS) is 12.4. The first-order valence-corrected chi connectivity index (χ1v) is 7.89. The lowest BCUT2D eigenvalue weighted by molar-refractivity contribution is -0.131. The summed E-state index contributed by atoms with van der Waals surface area (Å²) in [6.45, 7) is 9.69. The van der Waals surface area contributed by atoms with Gasteiger partial charge >= 0.3 is 6.09 Å². The fourth-order valence-corrected chi connectivity index (χ4v) is 2.05. The van der Waals surface area contributed by atoms with Crippen LogP contribution in [0.3, 0.4) is 0 Å². The van der Waals surface area contributed by atoms with E-state index in [1.165, 1.54) is 5.56 Å². The van der Waals surface area contributed by atoms with Crippen LogP contribution in [0.1, 0.15) is 51.3 Å². The molecule has 0 radical (unpaired) electrons. The summed E-state index contributed by atoms with van der Waals surface area (Å²) >= 11 is 0. The quantitative estimate of drug-likeness (QED) is 0.904. The summed E-state index contributed by atoms with van der Waals surface area (Å²) in [5, 5.41) is 2.60. The first-order chi connectivity index (χ1) is 10.6. The highest BCUT2D eigenvalue weighted by Gasteiger charge is 2.19. The Kier molecular flexibility index (Phi) is 6.61. The van der Waals surface area contributed by atoms with Crippen LogP contribution in [0.5, 0.6) is 0 Å². The number of nitrogens with zero attached hydrogens (tertiary/aromatic N) is 1. The summed E-state index contributed by atoms with van der Waals surface area (Å²) in [6.07, 6.45) is -0.258. The van der Waals surface area contributed by atoms with Crippen LogP contribution in [0.15, 0.2) is 24.3 Å². The third-order valence-corrected chi connectivity index (χ3v) is 3.54. The number of carbonyl (C=O) groups excluding carboxylic acids is 2. The maximum absolute atomic E-state index is 12.2. The van der Waals surface area contributed by atoms with Crippen LogP contribution in [-0.4, -0.2) is 36.1 Å². The zero-order valence-corrected chi connectivity index (χ0v) is 15.0. The van der Waals surface area contributed by atoms with E-state index in [4.69, 9.17) is 4.74 Å². The summed E-state index contributed by atoms with van der Waals surface area (Å²) in [5.74, 6) is -0.0193. The van der Waals surface area contributed by atoms with Crippen molar-refractivity contribution >= 4 is 12.0 Å². The molecule has 0 saturated heterocycles. The number of rotatable bonds is 5. The molecule has 5 heteroatoms. The number of amides is 2. The molecule has 0 saturated carbocycles. The van der Waals surface area contributed by atoms with Crippen molar-refractivity contribution in [3.05, 3.63) is 35.4 Å². The van der Waals surface area contributed by atoms with Gasteiger partial charge in [0.1, 0.15) is 5.60 Å². The Hall–Kier alpha value is -2.04. The second kappa shape index (κ2) is 7.99. The summed E-state index contributed by atoms with van der Waals surface area (Å²) in [6, 6.07) is 8.12. The fraction of sp³-hybridized carbons (Fsp3) is 0.556. The molecule has 0 aliphatic heterocycles. The maximum atomic E-state index is 12.2. The first-order valence-electron chi connectivity index (χ1n) is 7.89. The van der Waals surface area contributed by atoms with Crippen LogP contribution in [0.2, 0.25) is 0 Å². The van der Waals surface area contributed by atoms with Gasteiger partial charge in [-0.3, -0.25) is 4.79 Å². The molecule has 1 unspecified atom stereocenters. The third-order valence-electron chi connectivity index (χ3n) is 3.54. The van der Waals surface area contributed by atoms with E-state index in [0.717, 1.165) is 5.56 Å². The summed E-state index contributed by atoms with van der Waals surface area (Å²) < 4.78 is 5.13. The van der Waals surface area contributed by atoms with Crippen LogP contribution in [0.4, 0.5) is 4.79 Å². The molecule has 1 aromatic rings. The van der Waals surface area contributed by atoms with Gasteiger partial charge in [0.15, 0.2) is 0 Å². The van der Waals surface area contributed by atoms with E-state index in [2.05, 4.69) is 5.32 Å². The van der Waals surface area contributed by atoms with Crippen molar-refractivity contribution in [2.45, 2.75) is 52.7 Å². The minimum absolute atomic E-state index is 0.00960. The van der Waals surface area contributed by atoms with Crippen molar-refractivity contribution < 1.29 is 14.3 Å². The molecule has 5 nitrogen and oxygen atoms in total. The largest absolute Gasteiger partial charge is 0.444 e. The molecule has 128 valence electrons. The van der Waals surface area contributed by atoms with Gasteiger partial charge in [-0.2, -0.15) is 0 Å². The number of nitrogens with one attached hydrogen (secondary N) is 1. The van der Waals surface area contributed by atoms with E-state index >= 15 is 0 Å². The van der Waals surface area contributed by atoms with E-state index < -0.39 is 11.7 Å². The molecule has 0 heterocycles. The monoisotopic (exact) mass is 320 g/mol. The Labute approximate surface area is 139 Å². The van der Waals surface area contributed by atoms with Gasteiger partial charge in [0.2, 0.25) is 5.91 Å².